The Morgan fingerprint density at radius 2 is 1.82 bits per heavy atom. The number of aliphatic hydroxyl groups is 1. The first-order chi connectivity index (χ1) is 15.9. The number of hydrogen-bond acceptors (Lipinski definition) is 6. The molecule has 2 aromatic rings. The summed E-state index contributed by atoms with van der Waals surface area (Å²) in [5.74, 6) is -1.12. The highest BCUT2D eigenvalue weighted by Gasteiger charge is 2.18. The summed E-state index contributed by atoms with van der Waals surface area (Å²) in [4.78, 5) is 15.1. The number of nitrogens with one attached hydrogen (secondary N) is 2. The zero-order chi connectivity index (χ0) is 23.8. The number of piperazine rings is 1. The number of nitrogens with zero attached hydrogens (tertiary/aromatic N) is 3. The molecule has 1 fully saturated rings. The zero-order valence-electron chi connectivity index (χ0n) is 18.7. The van der Waals surface area contributed by atoms with Crippen LogP contribution in [0.1, 0.15) is 12.5 Å². The van der Waals surface area contributed by atoms with Crippen molar-refractivity contribution in [3.05, 3.63) is 53.6 Å². The number of hydrogen-bond donors (Lipinski definition) is 3. The fourth-order valence-corrected chi connectivity index (χ4v) is 3.72. The summed E-state index contributed by atoms with van der Waals surface area (Å²) in [5.41, 5.74) is 1.77. The number of carbonyl (C=O) groups is 1. The molecule has 0 saturated carbocycles. The Kier molecular flexibility index (Phi) is 8.72. The van der Waals surface area contributed by atoms with Crippen molar-refractivity contribution in [2.24, 2.45) is 0 Å². The maximum absolute atomic E-state index is 14.8. The average molecular weight is 458 g/mol. The van der Waals surface area contributed by atoms with Crippen LogP contribution in [0.5, 0.6) is 0 Å². The molecular formula is C24H29F2N5O2. The minimum Gasteiger partial charge on any atom is -0.389 e. The van der Waals surface area contributed by atoms with Crippen LogP contribution >= 0.6 is 0 Å². The normalized spacial score (nSPS) is 15.6. The minimum atomic E-state index is -0.812. The lowest BCUT2D eigenvalue weighted by Gasteiger charge is -2.33. The van der Waals surface area contributed by atoms with Gasteiger partial charge >= 0.3 is 0 Å². The topological polar surface area (TPSA) is 91.6 Å². The Morgan fingerprint density at radius 3 is 2.45 bits per heavy atom. The summed E-state index contributed by atoms with van der Waals surface area (Å²) in [6, 6.07) is 11.4. The van der Waals surface area contributed by atoms with Crippen LogP contribution < -0.4 is 10.6 Å². The Balaban J connectivity index is 1.59. The van der Waals surface area contributed by atoms with Crippen LogP contribution in [0.2, 0.25) is 0 Å². The number of anilines is 1. The third-order valence-electron chi connectivity index (χ3n) is 5.61. The van der Waals surface area contributed by atoms with Gasteiger partial charge in [0.2, 0.25) is 5.91 Å². The van der Waals surface area contributed by atoms with Crippen molar-refractivity contribution in [3.63, 3.8) is 0 Å². The molecule has 0 spiro atoms. The number of nitriles is 1. The van der Waals surface area contributed by atoms with E-state index in [-0.39, 0.29) is 30.4 Å². The Morgan fingerprint density at radius 1 is 1.09 bits per heavy atom. The molecule has 3 N–H and O–H groups in total. The van der Waals surface area contributed by atoms with Crippen LogP contribution in [0.25, 0.3) is 11.1 Å². The van der Waals surface area contributed by atoms with Crippen molar-refractivity contribution in [1.82, 2.24) is 15.1 Å². The Labute approximate surface area is 192 Å². The van der Waals surface area contributed by atoms with Crippen molar-refractivity contribution >= 4 is 11.6 Å². The van der Waals surface area contributed by atoms with E-state index in [1.54, 1.807) is 24.3 Å². The summed E-state index contributed by atoms with van der Waals surface area (Å²) >= 11 is 0. The van der Waals surface area contributed by atoms with Crippen LogP contribution in [0.15, 0.2) is 36.4 Å². The standard InChI is InChI=1S/C24H29F2N5O2/c1-17(32)28-14-21(33)15-29-20-4-5-22(24(26)13-20)18-2-3-19(23(25)12-18)16-31-10-8-30(7-6-27)9-11-31/h2-5,12-13,21,29,33H,7-11,14-16H2,1H3,(H,28,32)/t21-/m0/s1. The minimum absolute atomic E-state index is 0.101. The predicted octanol–water partition coefficient (Wildman–Crippen LogP) is 2.18. The molecule has 1 atom stereocenters. The van der Waals surface area contributed by atoms with Crippen LogP contribution in [-0.4, -0.2) is 72.7 Å². The van der Waals surface area contributed by atoms with E-state index in [9.17, 15) is 18.7 Å². The van der Waals surface area contributed by atoms with E-state index in [2.05, 4.69) is 26.5 Å². The van der Waals surface area contributed by atoms with Gasteiger partial charge in [-0.25, -0.2) is 8.78 Å². The molecule has 2 aromatic carbocycles. The van der Waals surface area contributed by atoms with E-state index >= 15 is 0 Å². The van der Waals surface area contributed by atoms with Crippen molar-refractivity contribution in [1.29, 1.82) is 5.26 Å². The monoisotopic (exact) mass is 457 g/mol. The third kappa shape index (κ3) is 7.22. The molecule has 1 saturated heterocycles. The first-order valence-corrected chi connectivity index (χ1v) is 10.9. The van der Waals surface area contributed by atoms with E-state index in [0.717, 1.165) is 26.2 Å². The number of halogens is 2. The Bertz CT molecular complexity index is 1000. The fourth-order valence-electron chi connectivity index (χ4n) is 3.72. The maximum atomic E-state index is 14.8. The largest absolute Gasteiger partial charge is 0.389 e. The zero-order valence-corrected chi connectivity index (χ0v) is 18.7. The molecule has 9 heteroatoms. The quantitative estimate of drug-likeness (QED) is 0.500. The number of carbonyl (C=O) groups excluding carboxylic acids is 1. The van der Waals surface area contributed by atoms with Crippen molar-refractivity contribution in [3.8, 4) is 17.2 Å². The summed E-state index contributed by atoms with van der Waals surface area (Å²) in [7, 11) is 0. The lowest BCUT2D eigenvalue weighted by atomic mass is 10.0. The van der Waals surface area contributed by atoms with Gasteiger partial charge in [-0.1, -0.05) is 12.1 Å². The second-order valence-corrected chi connectivity index (χ2v) is 8.18. The van der Waals surface area contributed by atoms with Gasteiger partial charge in [0.05, 0.1) is 18.7 Å². The summed E-state index contributed by atoms with van der Waals surface area (Å²) in [6.45, 7) is 5.59. The molecular weight excluding hydrogens is 428 g/mol. The molecule has 176 valence electrons. The first-order valence-electron chi connectivity index (χ1n) is 10.9. The summed E-state index contributed by atoms with van der Waals surface area (Å²) in [5, 5.41) is 24.1. The number of rotatable bonds is 9. The highest BCUT2D eigenvalue weighted by atomic mass is 19.1. The van der Waals surface area contributed by atoms with Gasteiger partial charge in [-0.05, 0) is 29.8 Å². The van der Waals surface area contributed by atoms with Crippen LogP contribution in [-0.2, 0) is 11.3 Å². The molecule has 1 heterocycles. The van der Waals surface area contributed by atoms with Crippen molar-refractivity contribution in [2.75, 3.05) is 51.1 Å². The average Bonchev–Trinajstić information content (AvgIpc) is 2.79. The van der Waals surface area contributed by atoms with Gasteiger partial charge < -0.3 is 15.7 Å². The number of aliphatic hydroxyl groups excluding tert-OH is 1. The lowest BCUT2D eigenvalue weighted by molar-refractivity contribution is -0.119. The highest BCUT2D eigenvalue weighted by molar-refractivity contribution is 5.72. The van der Waals surface area contributed by atoms with Crippen molar-refractivity contribution in [2.45, 2.75) is 19.6 Å². The third-order valence-corrected chi connectivity index (χ3v) is 5.61. The molecule has 1 aliphatic rings. The molecule has 0 bridgehead atoms. The van der Waals surface area contributed by atoms with Gasteiger partial charge in [-0.15, -0.1) is 0 Å². The molecule has 33 heavy (non-hydrogen) atoms. The molecule has 1 aliphatic heterocycles. The predicted molar refractivity (Wildman–Crippen MR) is 122 cm³/mol. The lowest BCUT2D eigenvalue weighted by Crippen LogP contribution is -2.45. The van der Waals surface area contributed by atoms with E-state index in [4.69, 9.17) is 5.26 Å². The molecule has 7 nitrogen and oxygen atoms in total. The molecule has 0 unspecified atom stereocenters. The molecule has 3 rings (SSSR count). The summed E-state index contributed by atoms with van der Waals surface area (Å²) in [6.07, 6.45) is -0.812. The van der Waals surface area contributed by atoms with Crippen LogP contribution in [0.3, 0.4) is 0 Å². The van der Waals surface area contributed by atoms with Crippen molar-refractivity contribution < 1.29 is 18.7 Å². The second-order valence-electron chi connectivity index (χ2n) is 8.18. The second kappa shape index (κ2) is 11.7. The Hall–Kier alpha value is -3.06. The molecule has 0 radical (unpaired) electrons. The van der Waals surface area contributed by atoms with Gasteiger partial charge in [-0.2, -0.15) is 5.26 Å². The SMILES string of the molecule is CC(=O)NC[C@H](O)CNc1ccc(-c2ccc(CN3CCN(CC#N)CC3)c(F)c2)c(F)c1. The van der Waals surface area contributed by atoms with Gasteiger partial charge in [-0.3, -0.25) is 14.6 Å². The maximum Gasteiger partial charge on any atom is 0.216 e. The fraction of sp³-hybridized carbons (Fsp3) is 0.417. The van der Waals surface area contributed by atoms with E-state index in [1.165, 1.54) is 19.1 Å². The van der Waals surface area contributed by atoms with Crippen LogP contribution in [0, 0.1) is 23.0 Å². The molecule has 1 amide bonds. The van der Waals surface area contributed by atoms with Gasteiger partial charge in [0.15, 0.2) is 0 Å². The van der Waals surface area contributed by atoms with E-state index in [0.29, 0.717) is 29.9 Å². The molecule has 0 aliphatic carbocycles. The van der Waals surface area contributed by atoms with E-state index < -0.39 is 11.9 Å². The van der Waals surface area contributed by atoms with Gasteiger partial charge in [0, 0.05) is 69.6 Å². The number of amides is 1. The van der Waals surface area contributed by atoms with Gasteiger partial charge in [0.1, 0.15) is 11.6 Å². The molecule has 0 aromatic heterocycles. The summed E-state index contributed by atoms with van der Waals surface area (Å²) < 4.78 is 29.5. The van der Waals surface area contributed by atoms with Crippen LogP contribution in [0.4, 0.5) is 14.5 Å². The van der Waals surface area contributed by atoms with Gasteiger partial charge in [0.25, 0.3) is 0 Å². The first kappa shape index (κ1) is 24.6. The highest BCUT2D eigenvalue weighted by Crippen LogP contribution is 2.27. The smallest absolute Gasteiger partial charge is 0.216 e. The number of benzene rings is 2. The van der Waals surface area contributed by atoms with E-state index in [1.807, 2.05) is 0 Å².